The smallest absolute Gasteiger partial charge is 0.203 e. The number of thiophene rings is 1. The number of carbonyl (C=O) groups excluding carboxylic acids is 1. The van der Waals surface area contributed by atoms with Crippen molar-refractivity contribution in [2.45, 2.75) is 13.8 Å². The van der Waals surface area contributed by atoms with Crippen LogP contribution in [0.25, 0.3) is 20.5 Å². The highest BCUT2D eigenvalue weighted by atomic mass is 32.1. The van der Waals surface area contributed by atoms with Gasteiger partial charge in [-0.3, -0.25) is 4.79 Å². The first kappa shape index (κ1) is 24.4. The van der Waals surface area contributed by atoms with Crippen molar-refractivity contribution in [1.29, 1.82) is 0 Å². The minimum Gasteiger partial charge on any atom is -0.494 e. The predicted octanol–water partition coefficient (Wildman–Crippen LogP) is 6.62. The quantitative estimate of drug-likeness (QED) is 0.232. The molecule has 1 heterocycles. The zero-order valence-electron chi connectivity index (χ0n) is 20.5. The second kappa shape index (κ2) is 10.7. The Labute approximate surface area is 209 Å². The summed E-state index contributed by atoms with van der Waals surface area (Å²) in [6.07, 6.45) is 0. The summed E-state index contributed by atoms with van der Waals surface area (Å²) in [4.78, 5) is 14.9. The average molecular weight is 493 g/mol. The van der Waals surface area contributed by atoms with E-state index >= 15 is 0 Å². The Morgan fingerprint density at radius 3 is 1.94 bits per heavy atom. The minimum absolute atomic E-state index is 0.136. The normalized spacial score (nSPS) is 10.8. The molecule has 0 fully saturated rings. The Hall–Kier alpha value is -3.71. The molecular formula is C28H28O6S. The third kappa shape index (κ3) is 4.77. The van der Waals surface area contributed by atoms with Crippen molar-refractivity contribution in [2.75, 3.05) is 34.5 Å². The number of fused-ring (bicyclic) bond motifs is 1. The monoisotopic (exact) mass is 492 g/mol. The Morgan fingerprint density at radius 2 is 1.37 bits per heavy atom. The van der Waals surface area contributed by atoms with E-state index in [1.54, 1.807) is 23.5 Å². The molecule has 6 nitrogen and oxygen atoms in total. The summed E-state index contributed by atoms with van der Waals surface area (Å²) >= 11 is 1.56. The van der Waals surface area contributed by atoms with Crippen LogP contribution in [0.15, 0.2) is 54.6 Å². The van der Waals surface area contributed by atoms with Gasteiger partial charge in [-0.1, -0.05) is 0 Å². The van der Waals surface area contributed by atoms with E-state index in [1.807, 2.05) is 56.3 Å². The zero-order valence-corrected chi connectivity index (χ0v) is 21.3. The number of ether oxygens (including phenoxy) is 5. The van der Waals surface area contributed by atoms with Crippen molar-refractivity contribution >= 4 is 27.2 Å². The Bertz CT molecular complexity index is 1310. The van der Waals surface area contributed by atoms with Crippen molar-refractivity contribution in [2.24, 2.45) is 0 Å². The van der Waals surface area contributed by atoms with Gasteiger partial charge in [-0.2, -0.15) is 0 Å². The molecule has 0 saturated heterocycles. The second-order valence-electron chi connectivity index (χ2n) is 7.60. The molecule has 3 aromatic carbocycles. The number of methoxy groups -OCH3 is 3. The third-order valence-corrected chi connectivity index (χ3v) is 6.76. The fraction of sp³-hybridized carbons (Fsp3) is 0.250. The number of rotatable bonds is 10. The summed E-state index contributed by atoms with van der Waals surface area (Å²) in [6, 6.07) is 17.0. The molecule has 0 spiro atoms. The van der Waals surface area contributed by atoms with Gasteiger partial charge >= 0.3 is 0 Å². The van der Waals surface area contributed by atoms with E-state index < -0.39 is 0 Å². The molecule has 4 aromatic rings. The van der Waals surface area contributed by atoms with Crippen molar-refractivity contribution in [1.82, 2.24) is 0 Å². The van der Waals surface area contributed by atoms with Crippen LogP contribution in [0.5, 0.6) is 28.7 Å². The van der Waals surface area contributed by atoms with Crippen LogP contribution in [0.1, 0.15) is 29.8 Å². The summed E-state index contributed by atoms with van der Waals surface area (Å²) in [6.45, 7) is 5.06. The standard InChI is InChI=1S/C28H28O6S/c1-6-33-19-10-8-17(9-11-19)28-25(21-13-12-20(34-7-2)16-24(21)35-28)26(29)18-14-22(30-3)27(32-5)23(15-18)31-4/h8-16H,6-7H2,1-5H3. The summed E-state index contributed by atoms with van der Waals surface area (Å²) in [7, 11) is 4.60. The molecule has 0 atom stereocenters. The van der Waals surface area contributed by atoms with Gasteiger partial charge in [0.2, 0.25) is 5.75 Å². The first-order valence-corrected chi connectivity index (χ1v) is 12.1. The summed E-state index contributed by atoms with van der Waals surface area (Å²) in [5.74, 6) is 2.71. The van der Waals surface area contributed by atoms with Gasteiger partial charge < -0.3 is 23.7 Å². The third-order valence-electron chi connectivity index (χ3n) is 5.55. The molecule has 0 aliphatic heterocycles. The van der Waals surface area contributed by atoms with Crippen LogP contribution in [0.4, 0.5) is 0 Å². The lowest BCUT2D eigenvalue weighted by Crippen LogP contribution is -2.05. The van der Waals surface area contributed by atoms with Crippen LogP contribution in [0.2, 0.25) is 0 Å². The van der Waals surface area contributed by atoms with E-state index in [0.717, 1.165) is 32.0 Å². The van der Waals surface area contributed by atoms with E-state index in [4.69, 9.17) is 23.7 Å². The van der Waals surface area contributed by atoms with E-state index in [1.165, 1.54) is 21.3 Å². The fourth-order valence-electron chi connectivity index (χ4n) is 3.99. The molecule has 0 aliphatic rings. The number of ketones is 1. The van der Waals surface area contributed by atoms with Crippen molar-refractivity contribution < 1.29 is 28.5 Å². The Morgan fingerprint density at radius 1 is 0.771 bits per heavy atom. The minimum atomic E-state index is -0.136. The zero-order chi connectivity index (χ0) is 24.9. The first-order chi connectivity index (χ1) is 17.0. The maximum absolute atomic E-state index is 14.0. The van der Waals surface area contributed by atoms with Crippen LogP contribution < -0.4 is 23.7 Å². The molecular weight excluding hydrogens is 464 g/mol. The van der Waals surface area contributed by atoms with Crippen LogP contribution in [-0.4, -0.2) is 40.3 Å². The molecule has 35 heavy (non-hydrogen) atoms. The topological polar surface area (TPSA) is 63.2 Å². The van der Waals surface area contributed by atoms with Gasteiger partial charge in [0.05, 0.1) is 34.5 Å². The van der Waals surface area contributed by atoms with Crippen molar-refractivity contribution in [3.8, 4) is 39.2 Å². The SMILES string of the molecule is CCOc1ccc(-c2sc3cc(OCC)ccc3c2C(=O)c2cc(OC)c(OC)c(OC)c2)cc1. The molecule has 7 heteroatoms. The highest BCUT2D eigenvalue weighted by Gasteiger charge is 2.25. The Balaban J connectivity index is 1.91. The summed E-state index contributed by atoms with van der Waals surface area (Å²) in [5, 5.41) is 0.862. The van der Waals surface area contributed by atoms with Gasteiger partial charge in [-0.05, 0) is 74.0 Å². The molecule has 0 N–H and O–H groups in total. The highest BCUT2D eigenvalue weighted by molar-refractivity contribution is 7.22. The molecule has 0 radical (unpaired) electrons. The molecule has 4 rings (SSSR count). The average Bonchev–Trinajstić information content (AvgIpc) is 3.26. The van der Waals surface area contributed by atoms with Crippen molar-refractivity contribution in [3.05, 3.63) is 65.7 Å². The molecule has 0 bridgehead atoms. The summed E-state index contributed by atoms with van der Waals surface area (Å²) < 4.78 is 28.7. The van der Waals surface area contributed by atoms with E-state index in [9.17, 15) is 4.79 Å². The molecule has 0 unspecified atom stereocenters. The number of benzene rings is 3. The first-order valence-electron chi connectivity index (χ1n) is 11.3. The number of hydrogen-bond donors (Lipinski definition) is 0. The maximum atomic E-state index is 14.0. The second-order valence-corrected chi connectivity index (χ2v) is 8.65. The van der Waals surface area contributed by atoms with Crippen molar-refractivity contribution in [3.63, 3.8) is 0 Å². The maximum Gasteiger partial charge on any atom is 0.203 e. The van der Waals surface area contributed by atoms with Gasteiger partial charge in [0.1, 0.15) is 11.5 Å². The molecule has 182 valence electrons. The van der Waals surface area contributed by atoms with E-state index in [0.29, 0.717) is 41.6 Å². The van der Waals surface area contributed by atoms with Crippen LogP contribution in [-0.2, 0) is 0 Å². The van der Waals surface area contributed by atoms with E-state index in [-0.39, 0.29) is 5.78 Å². The predicted molar refractivity (Wildman–Crippen MR) is 139 cm³/mol. The lowest BCUT2D eigenvalue weighted by Gasteiger charge is -2.14. The highest BCUT2D eigenvalue weighted by Crippen LogP contribution is 2.44. The molecule has 0 aliphatic carbocycles. The lowest BCUT2D eigenvalue weighted by atomic mass is 9.97. The van der Waals surface area contributed by atoms with Gasteiger partial charge in [0.25, 0.3) is 0 Å². The fourth-order valence-corrected chi connectivity index (χ4v) is 5.22. The van der Waals surface area contributed by atoms with Gasteiger partial charge in [-0.25, -0.2) is 0 Å². The molecule has 0 saturated carbocycles. The number of carbonyl (C=O) groups is 1. The van der Waals surface area contributed by atoms with Gasteiger partial charge in [0.15, 0.2) is 17.3 Å². The van der Waals surface area contributed by atoms with Gasteiger partial charge in [-0.15, -0.1) is 11.3 Å². The van der Waals surface area contributed by atoms with Gasteiger partial charge in [0, 0.05) is 26.1 Å². The van der Waals surface area contributed by atoms with Crippen LogP contribution >= 0.6 is 11.3 Å². The number of hydrogen-bond acceptors (Lipinski definition) is 7. The summed E-state index contributed by atoms with van der Waals surface area (Å²) in [5.41, 5.74) is 2.00. The molecule has 0 amide bonds. The van der Waals surface area contributed by atoms with E-state index in [2.05, 4.69) is 0 Å². The van der Waals surface area contributed by atoms with Crippen LogP contribution in [0, 0.1) is 0 Å². The lowest BCUT2D eigenvalue weighted by molar-refractivity contribution is 0.104. The largest absolute Gasteiger partial charge is 0.494 e. The van der Waals surface area contributed by atoms with Crippen LogP contribution in [0.3, 0.4) is 0 Å². The molecule has 1 aromatic heterocycles. The Kier molecular flexibility index (Phi) is 7.46.